The molecule has 68 valence electrons. The van der Waals surface area contributed by atoms with Gasteiger partial charge in [0.2, 0.25) is 0 Å². The lowest BCUT2D eigenvalue weighted by atomic mass is 10.1. The molecule has 0 aromatic heterocycles. The van der Waals surface area contributed by atoms with Crippen molar-refractivity contribution >= 4 is 28.0 Å². The highest BCUT2D eigenvalue weighted by Crippen LogP contribution is 2.12. The highest BCUT2D eigenvalue weighted by atomic mass is 79.9. The van der Waals surface area contributed by atoms with Gasteiger partial charge in [-0.1, -0.05) is 29.8 Å². The zero-order valence-electron chi connectivity index (χ0n) is 7.12. The maximum Gasteiger partial charge on any atom is 0.342 e. The third-order valence-electron chi connectivity index (χ3n) is 1.58. The topological polar surface area (TPSA) is 37.3 Å². The van der Waals surface area contributed by atoms with Gasteiger partial charge in [-0.2, -0.15) is 0 Å². The highest BCUT2D eigenvalue weighted by Gasteiger charge is 2.00. The van der Waals surface area contributed by atoms with Crippen molar-refractivity contribution in [2.45, 2.75) is 6.92 Å². The van der Waals surface area contributed by atoms with Gasteiger partial charge in [0, 0.05) is 0 Å². The summed E-state index contributed by atoms with van der Waals surface area (Å²) in [5.41, 5.74) is 2.03. The minimum absolute atomic E-state index is 0.163. The van der Waals surface area contributed by atoms with Crippen LogP contribution in [0.3, 0.4) is 0 Å². The van der Waals surface area contributed by atoms with E-state index in [0.29, 0.717) is 0 Å². The first-order valence-corrected chi connectivity index (χ1v) is 4.56. The molecule has 0 heterocycles. The van der Waals surface area contributed by atoms with Crippen LogP contribution >= 0.6 is 15.9 Å². The fraction of sp³-hybridized carbons (Fsp3) is 0.100. The Balaban J connectivity index is 2.92. The summed E-state index contributed by atoms with van der Waals surface area (Å²) in [6.45, 7) is 1.99. The fourth-order valence-electron chi connectivity index (χ4n) is 0.871. The molecule has 1 aromatic rings. The zero-order chi connectivity index (χ0) is 9.84. The van der Waals surface area contributed by atoms with Crippen LogP contribution in [0, 0.1) is 6.92 Å². The molecular formula is C10H9BrO2. The normalized spacial score (nSPS) is 11.4. The third-order valence-corrected chi connectivity index (χ3v) is 2.14. The quantitative estimate of drug-likeness (QED) is 0.808. The van der Waals surface area contributed by atoms with Crippen LogP contribution in [-0.2, 0) is 4.79 Å². The van der Waals surface area contributed by atoms with Crippen LogP contribution in [0.25, 0.3) is 6.08 Å². The molecule has 0 atom stereocenters. The number of carboxylic acids is 1. The van der Waals surface area contributed by atoms with E-state index in [2.05, 4.69) is 15.9 Å². The van der Waals surface area contributed by atoms with Crippen molar-refractivity contribution in [1.29, 1.82) is 0 Å². The monoisotopic (exact) mass is 240 g/mol. The van der Waals surface area contributed by atoms with Gasteiger partial charge in [0.15, 0.2) is 0 Å². The molecule has 2 nitrogen and oxygen atoms in total. The SMILES string of the molecule is Cc1ccc(C=C(Br)C(=O)O)cc1. The number of carboxylic acid groups (broad SMARTS) is 1. The molecule has 1 N–H and O–H groups in total. The highest BCUT2D eigenvalue weighted by molar-refractivity contribution is 9.12. The summed E-state index contributed by atoms with van der Waals surface area (Å²) in [5.74, 6) is -0.958. The van der Waals surface area contributed by atoms with Crippen molar-refractivity contribution in [2.24, 2.45) is 0 Å². The largest absolute Gasteiger partial charge is 0.477 e. The predicted molar refractivity (Wildman–Crippen MR) is 55.7 cm³/mol. The van der Waals surface area contributed by atoms with Crippen molar-refractivity contribution in [1.82, 2.24) is 0 Å². The Morgan fingerprint density at radius 1 is 1.38 bits per heavy atom. The zero-order valence-corrected chi connectivity index (χ0v) is 8.71. The molecule has 13 heavy (non-hydrogen) atoms. The van der Waals surface area contributed by atoms with Crippen LogP contribution in [-0.4, -0.2) is 11.1 Å². The van der Waals surface area contributed by atoms with E-state index in [9.17, 15) is 4.79 Å². The van der Waals surface area contributed by atoms with E-state index in [1.807, 2.05) is 31.2 Å². The molecule has 1 rings (SSSR count). The molecule has 0 bridgehead atoms. The summed E-state index contributed by atoms with van der Waals surface area (Å²) in [4.78, 5) is 10.5. The number of benzene rings is 1. The van der Waals surface area contributed by atoms with Gasteiger partial charge in [-0.25, -0.2) is 4.79 Å². The van der Waals surface area contributed by atoms with Gasteiger partial charge in [-0.3, -0.25) is 0 Å². The second-order valence-corrected chi connectivity index (χ2v) is 3.56. The average Bonchev–Trinajstić information content (AvgIpc) is 2.08. The van der Waals surface area contributed by atoms with E-state index in [1.165, 1.54) is 0 Å². The van der Waals surface area contributed by atoms with Gasteiger partial charge in [0.05, 0.1) is 0 Å². The van der Waals surface area contributed by atoms with Gasteiger partial charge in [0.1, 0.15) is 4.48 Å². The first kappa shape index (κ1) is 9.99. The molecule has 0 saturated carbocycles. The molecule has 1 aromatic carbocycles. The number of aryl methyl sites for hydroxylation is 1. The molecular weight excluding hydrogens is 232 g/mol. The lowest BCUT2D eigenvalue weighted by Gasteiger charge is -1.95. The number of aliphatic carboxylic acids is 1. The Hall–Kier alpha value is -1.09. The van der Waals surface area contributed by atoms with Gasteiger partial charge in [-0.15, -0.1) is 0 Å². The lowest BCUT2D eigenvalue weighted by Crippen LogP contribution is -1.92. The van der Waals surface area contributed by atoms with Gasteiger partial charge < -0.3 is 5.11 Å². The van der Waals surface area contributed by atoms with Crippen LogP contribution < -0.4 is 0 Å². The summed E-state index contributed by atoms with van der Waals surface area (Å²) in [6.07, 6.45) is 1.57. The van der Waals surface area contributed by atoms with E-state index >= 15 is 0 Å². The van der Waals surface area contributed by atoms with E-state index in [0.717, 1.165) is 11.1 Å². The van der Waals surface area contributed by atoms with Gasteiger partial charge in [0.25, 0.3) is 0 Å². The average molecular weight is 241 g/mol. The summed E-state index contributed by atoms with van der Waals surface area (Å²) in [6, 6.07) is 7.63. The smallest absolute Gasteiger partial charge is 0.342 e. The Kier molecular flexibility index (Phi) is 3.25. The number of halogens is 1. The molecule has 0 spiro atoms. The molecule has 0 radical (unpaired) electrons. The van der Waals surface area contributed by atoms with Crippen molar-refractivity contribution in [3.63, 3.8) is 0 Å². The van der Waals surface area contributed by atoms with Crippen LogP contribution in [0.4, 0.5) is 0 Å². The van der Waals surface area contributed by atoms with Crippen molar-refractivity contribution in [3.05, 3.63) is 39.9 Å². The molecule has 0 aliphatic rings. The van der Waals surface area contributed by atoms with E-state index < -0.39 is 5.97 Å². The molecule has 0 aliphatic heterocycles. The second kappa shape index (κ2) is 4.23. The summed E-state index contributed by atoms with van der Waals surface area (Å²) in [7, 11) is 0. The summed E-state index contributed by atoms with van der Waals surface area (Å²) < 4.78 is 0.163. The van der Waals surface area contributed by atoms with Crippen LogP contribution in [0.15, 0.2) is 28.7 Å². The lowest BCUT2D eigenvalue weighted by molar-refractivity contribution is -0.131. The van der Waals surface area contributed by atoms with Gasteiger partial charge >= 0.3 is 5.97 Å². The minimum Gasteiger partial charge on any atom is -0.477 e. The standard InChI is InChI=1S/C10H9BrO2/c1-7-2-4-8(5-3-7)6-9(11)10(12)13/h2-6H,1H3,(H,12,13). The second-order valence-electron chi connectivity index (χ2n) is 2.71. The van der Waals surface area contributed by atoms with E-state index in [-0.39, 0.29) is 4.48 Å². The molecule has 0 aliphatic carbocycles. The van der Waals surface area contributed by atoms with Crippen LogP contribution in [0.1, 0.15) is 11.1 Å². The Labute approximate surface area is 85.0 Å². The molecule has 0 fully saturated rings. The fourth-order valence-corrected chi connectivity index (χ4v) is 1.14. The maximum atomic E-state index is 10.5. The molecule has 0 saturated heterocycles. The van der Waals surface area contributed by atoms with Crippen LogP contribution in [0.5, 0.6) is 0 Å². The van der Waals surface area contributed by atoms with Gasteiger partial charge in [-0.05, 0) is 34.5 Å². The first-order chi connectivity index (χ1) is 6.09. The first-order valence-electron chi connectivity index (χ1n) is 3.77. The van der Waals surface area contributed by atoms with E-state index in [1.54, 1.807) is 6.08 Å². The molecule has 3 heteroatoms. The Morgan fingerprint density at radius 3 is 2.38 bits per heavy atom. The number of hydrogen-bond acceptors (Lipinski definition) is 1. The summed E-state index contributed by atoms with van der Waals surface area (Å²) >= 11 is 2.96. The van der Waals surface area contributed by atoms with Crippen molar-refractivity contribution < 1.29 is 9.90 Å². The maximum absolute atomic E-state index is 10.5. The number of rotatable bonds is 2. The Bertz CT molecular complexity index is 338. The predicted octanol–water partition coefficient (Wildman–Crippen LogP) is 2.82. The van der Waals surface area contributed by atoms with E-state index in [4.69, 9.17) is 5.11 Å². The van der Waals surface area contributed by atoms with Crippen LogP contribution in [0.2, 0.25) is 0 Å². The van der Waals surface area contributed by atoms with Crippen molar-refractivity contribution in [2.75, 3.05) is 0 Å². The molecule has 0 unspecified atom stereocenters. The van der Waals surface area contributed by atoms with Crippen molar-refractivity contribution in [3.8, 4) is 0 Å². The molecule has 0 amide bonds. The summed E-state index contributed by atoms with van der Waals surface area (Å²) in [5, 5.41) is 8.58. The minimum atomic E-state index is -0.958. The Morgan fingerprint density at radius 2 is 1.92 bits per heavy atom. The third kappa shape index (κ3) is 3.03. The number of carbonyl (C=O) groups is 1. The number of hydrogen-bond donors (Lipinski definition) is 1.